The van der Waals surface area contributed by atoms with Gasteiger partial charge in [-0.2, -0.15) is 5.10 Å². The maximum absolute atomic E-state index is 13.5. The normalized spacial score (nSPS) is 45.7. The van der Waals surface area contributed by atoms with E-state index in [0.29, 0.717) is 29.0 Å². The number of aliphatic hydroxyl groups excluding tert-OH is 1. The van der Waals surface area contributed by atoms with Crippen LogP contribution in [-0.4, -0.2) is 26.8 Å². The fourth-order valence-corrected chi connectivity index (χ4v) is 7.84. The van der Waals surface area contributed by atoms with E-state index in [1.165, 1.54) is 19.3 Å². The van der Waals surface area contributed by atoms with Crippen molar-refractivity contribution in [1.29, 1.82) is 0 Å². The Labute approximate surface area is 174 Å². The fourth-order valence-electron chi connectivity index (χ4n) is 7.84. The number of aryl methyl sites for hydroxylation is 1. The maximum Gasteiger partial charge on any atom is 0.165 e. The lowest BCUT2D eigenvalue weighted by Gasteiger charge is -2.59. The van der Waals surface area contributed by atoms with E-state index in [1.54, 1.807) is 0 Å². The van der Waals surface area contributed by atoms with Crippen LogP contribution in [0.2, 0.25) is 0 Å². The van der Waals surface area contributed by atoms with Gasteiger partial charge in [-0.15, -0.1) is 0 Å². The van der Waals surface area contributed by atoms with Crippen LogP contribution in [0.1, 0.15) is 77.8 Å². The van der Waals surface area contributed by atoms with Crippen LogP contribution < -0.4 is 0 Å². The molecule has 29 heavy (non-hydrogen) atoms. The Kier molecular flexibility index (Phi) is 4.58. The van der Waals surface area contributed by atoms with Crippen molar-refractivity contribution in [3.63, 3.8) is 0 Å². The molecule has 4 aliphatic carbocycles. The summed E-state index contributed by atoms with van der Waals surface area (Å²) in [5, 5.41) is 14.8. The Balaban J connectivity index is 1.43. The maximum atomic E-state index is 13.5. The summed E-state index contributed by atoms with van der Waals surface area (Å²) in [4.78, 5) is 13.5. The van der Waals surface area contributed by atoms with Gasteiger partial charge in [0.05, 0.1) is 11.8 Å². The topological polar surface area (TPSA) is 55.1 Å². The minimum atomic E-state index is -0.183. The van der Waals surface area contributed by atoms with Gasteiger partial charge in [-0.25, -0.2) is 0 Å². The molecule has 0 aromatic carbocycles. The number of rotatable bonds is 2. The summed E-state index contributed by atoms with van der Waals surface area (Å²) in [7, 11) is 0. The fraction of sp³-hybridized carbons (Fsp3) is 0.760. The second-order valence-corrected chi connectivity index (χ2v) is 10.8. The number of carbonyl (C=O) groups is 1. The van der Waals surface area contributed by atoms with Gasteiger partial charge in [0.15, 0.2) is 5.78 Å². The number of aromatic nitrogens is 2. The predicted octanol–water partition coefficient (Wildman–Crippen LogP) is 4.87. The Bertz CT molecular complexity index is 842. The van der Waals surface area contributed by atoms with E-state index in [4.69, 9.17) is 0 Å². The van der Waals surface area contributed by atoms with Crippen molar-refractivity contribution in [1.82, 2.24) is 9.78 Å². The molecule has 7 atom stereocenters. The van der Waals surface area contributed by atoms with Crippen LogP contribution in [0.4, 0.5) is 0 Å². The van der Waals surface area contributed by atoms with E-state index in [1.807, 2.05) is 16.9 Å². The van der Waals surface area contributed by atoms with Gasteiger partial charge in [-0.05, 0) is 105 Å². The summed E-state index contributed by atoms with van der Waals surface area (Å²) in [5.41, 5.74) is 2.10. The summed E-state index contributed by atoms with van der Waals surface area (Å²) in [6.45, 7) is 7.70. The monoisotopic (exact) mass is 396 g/mol. The SMILES string of the molecule is CCn1ccc(/C=C2/C[C@@H]3[C@H]4CC[C@H]5C[C@@H](O)CC[C@]5(C)[C@@H]4CC[C@]3(C)C2=O)n1. The molecule has 0 spiro atoms. The highest BCUT2D eigenvalue weighted by Gasteiger charge is 2.61. The van der Waals surface area contributed by atoms with Gasteiger partial charge in [0.1, 0.15) is 0 Å². The third-order valence-electron chi connectivity index (χ3n) is 9.59. The van der Waals surface area contributed by atoms with Gasteiger partial charge in [-0.3, -0.25) is 9.48 Å². The zero-order chi connectivity index (χ0) is 20.4. The average molecular weight is 397 g/mol. The number of nitrogens with zero attached hydrogens (tertiary/aromatic N) is 2. The van der Waals surface area contributed by atoms with Gasteiger partial charge >= 0.3 is 0 Å². The van der Waals surface area contributed by atoms with Crippen LogP contribution in [0.15, 0.2) is 17.8 Å². The Hall–Kier alpha value is -1.42. The number of allylic oxidation sites excluding steroid dienone is 1. The molecule has 1 aromatic rings. The number of carbonyl (C=O) groups excluding carboxylic acids is 1. The quantitative estimate of drug-likeness (QED) is 0.726. The summed E-state index contributed by atoms with van der Waals surface area (Å²) in [5.74, 6) is 2.92. The van der Waals surface area contributed by atoms with Crippen LogP contribution in [0.5, 0.6) is 0 Å². The molecule has 0 saturated heterocycles. The Morgan fingerprint density at radius 1 is 1.21 bits per heavy atom. The van der Waals surface area contributed by atoms with Crippen LogP contribution in [0.25, 0.3) is 6.08 Å². The first-order valence-electron chi connectivity index (χ1n) is 11.8. The van der Waals surface area contributed by atoms with E-state index in [2.05, 4.69) is 31.9 Å². The molecule has 0 aliphatic heterocycles. The van der Waals surface area contributed by atoms with Gasteiger partial charge < -0.3 is 5.11 Å². The minimum absolute atomic E-state index is 0.0935. The average Bonchev–Trinajstić information content (AvgIpc) is 3.26. The molecule has 4 fully saturated rings. The molecule has 1 heterocycles. The summed E-state index contributed by atoms with van der Waals surface area (Å²) >= 11 is 0. The summed E-state index contributed by atoms with van der Waals surface area (Å²) in [6.07, 6.45) is 12.7. The molecule has 1 N–H and O–H groups in total. The standard InChI is InChI=1S/C25H36N2O2/c1-4-27-12-9-18(26-27)13-16-14-22-20-6-5-17-15-19(28)7-10-24(17,2)21(20)8-11-25(22,3)23(16)29/h9,12-13,17,19-22,28H,4-8,10-11,14-15H2,1-3H3/b16-13-/t17-,19-,20-,21+,22+,24-,25-/m0/s1. The van der Waals surface area contributed by atoms with Crippen molar-refractivity contribution in [2.45, 2.75) is 84.8 Å². The smallest absolute Gasteiger partial charge is 0.165 e. The molecule has 1 aromatic heterocycles. The molecule has 5 rings (SSSR count). The van der Waals surface area contributed by atoms with E-state index in [9.17, 15) is 9.90 Å². The van der Waals surface area contributed by atoms with E-state index in [-0.39, 0.29) is 11.5 Å². The van der Waals surface area contributed by atoms with Crippen molar-refractivity contribution >= 4 is 11.9 Å². The number of hydrogen-bond acceptors (Lipinski definition) is 3. The number of Topliss-reactive ketones (excluding diaryl/α,β-unsaturated/α-hetero) is 1. The molecule has 4 nitrogen and oxygen atoms in total. The highest BCUT2D eigenvalue weighted by molar-refractivity contribution is 6.05. The lowest BCUT2D eigenvalue weighted by molar-refractivity contribution is -0.141. The zero-order valence-corrected chi connectivity index (χ0v) is 18.2. The van der Waals surface area contributed by atoms with Crippen LogP contribution in [-0.2, 0) is 11.3 Å². The number of aliphatic hydroxyl groups is 1. The molecule has 0 amide bonds. The number of ketones is 1. The summed E-state index contributed by atoms with van der Waals surface area (Å²) < 4.78 is 1.93. The van der Waals surface area contributed by atoms with E-state index >= 15 is 0 Å². The highest BCUT2D eigenvalue weighted by Crippen LogP contribution is 2.66. The predicted molar refractivity (Wildman–Crippen MR) is 114 cm³/mol. The van der Waals surface area contributed by atoms with Gasteiger partial charge in [0.25, 0.3) is 0 Å². The van der Waals surface area contributed by atoms with Crippen LogP contribution >= 0.6 is 0 Å². The molecule has 158 valence electrons. The van der Waals surface area contributed by atoms with Crippen molar-refractivity contribution < 1.29 is 9.90 Å². The molecular weight excluding hydrogens is 360 g/mol. The third kappa shape index (κ3) is 2.89. The highest BCUT2D eigenvalue weighted by atomic mass is 16.3. The zero-order valence-electron chi connectivity index (χ0n) is 18.2. The minimum Gasteiger partial charge on any atom is -0.393 e. The van der Waals surface area contributed by atoms with Crippen molar-refractivity contribution in [2.75, 3.05) is 0 Å². The van der Waals surface area contributed by atoms with Crippen LogP contribution in [0, 0.1) is 34.5 Å². The molecule has 4 heteroatoms. The van der Waals surface area contributed by atoms with Gasteiger partial charge in [-0.1, -0.05) is 13.8 Å². The molecular formula is C25H36N2O2. The first-order chi connectivity index (χ1) is 13.8. The lowest BCUT2D eigenvalue weighted by Crippen LogP contribution is -2.54. The van der Waals surface area contributed by atoms with Gasteiger partial charge in [0.2, 0.25) is 0 Å². The molecule has 0 bridgehead atoms. The van der Waals surface area contributed by atoms with Crippen LogP contribution in [0.3, 0.4) is 0 Å². The largest absolute Gasteiger partial charge is 0.393 e. The Morgan fingerprint density at radius 2 is 2.03 bits per heavy atom. The van der Waals surface area contributed by atoms with E-state index < -0.39 is 0 Å². The lowest BCUT2D eigenvalue weighted by atomic mass is 9.45. The molecule has 4 aliphatic rings. The molecule has 4 saturated carbocycles. The van der Waals surface area contributed by atoms with Crippen molar-refractivity contribution in [3.8, 4) is 0 Å². The summed E-state index contributed by atoms with van der Waals surface area (Å²) in [6, 6.07) is 2.02. The first-order valence-corrected chi connectivity index (χ1v) is 11.8. The molecule has 0 radical (unpaired) electrons. The van der Waals surface area contributed by atoms with Crippen molar-refractivity contribution in [2.24, 2.45) is 34.5 Å². The second-order valence-electron chi connectivity index (χ2n) is 10.8. The second kappa shape index (κ2) is 6.80. The number of hydrogen-bond donors (Lipinski definition) is 1. The van der Waals surface area contributed by atoms with Gasteiger partial charge in [0, 0.05) is 18.2 Å². The number of fused-ring (bicyclic) bond motifs is 5. The van der Waals surface area contributed by atoms with E-state index in [0.717, 1.165) is 55.8 Å². The third-order valence-corrected chi connectivity index (χ3v) is 9.59. The van der Waals surface area contributed by atoms with Crippen molar-refractivity contribution in [3.05, 3.63) is 23.5 Å². The Morgan fingerprint density at radius 3 is 2.79 bits per heavy atom. The molecule has 0 unspecified atom stereocenters. The first kappa shape index (κ1) is 19.5.